The van der Waals surface area contributed by atoms with Crippen molar-refractivity contribution in [2.45, 2.75) is 6.54 Å². The first-order valence-corrected chi connectivity index (χ1v) is 7.28. The summed E-state index contributed by atoms with van der Waals surface area (Å²) in [5, 5.41) is 6.73. The highest BCUT2D eigenvalue weighted by atomic mass is 35.5. The zero-order valence-electron chi connectivity index (χ0n) is 12.8. The number of amides is 2. The third-order valence-corrected chi connectivity index (χ3v) is 3.43. The molecule has 2 amide bonds. The van der Waals surface area contributed by atoms with Gasteiger partial charge in [0.05, 0.1) is 23.7 Å². The second kappa shape index (κ2) is 7.71. The van der Waals surface area contributed by atoms with Gasteiger partial charge in [-0.2, -0.15) is 5.10 Å². The average Bonchev–Trinajstić information content (AvgIpc) is 2.55. The number of anilines is 1. The van der Waals surface area contributed by atoms with Gasteiger partial charge in [0.25, 0.3) is 11.5 Å². The second-order valence-corrected chi connectivity index (χ2v) is 5.19. The number of halogens is 1. The van der Waals surface area contributed by atoms with Crippen LogP contribution in [0.1, 0.15) is 20.8 Å². The molecule has 0 unspecified atom stereocenters. The van der Waals surface area contributed by atoms with E-state index < -0.39 is 11.8 Å². The molecule has 0 aliphatic heterocycles. The number of ether oxygens (including phenoxy) is 1. The molecule has 1 heterocycles. The first-order valence-electron chi connectivity index (χ1n) is 6.90. The van der Waals surface area contributed by atoms with Gasteiger partial charge < -0.3 is 15.8 Å². The number of hydrogen-bond acceptors (Lipinski definition) is 5. The zero-order valence-corrected chi connectivity index (χ0v) is 13.5. The number of hydrogen-bond donors (Lipinski definition) is 2. The Morgan fingerprint density at radius 1 is 1.33 bits per heavy atom. The number of nitrogens with one attached hydrogen (secondary N) is 1. The molecule has 8 nitrogen and oxygen atoms in total. The summed E-state index contributed by atoms with van der Waals surface area (Å²) in [6.45, 7) is 0.514. The van der Waals surface area contributed by atoms with Crippen LogP contribution in [0.15, 0.2) is 35.1 Å². The van der Waals surface area contributed by atoms with E-state index in [0.717, 1.165) is 4.68 Å². The van der Waals surface area contributed by atoms with E-state index in [0.29, 0.717) is 5.69 Å². The highest BCUT2D eigenvalue weighted by molar-refractivity contribution is 6.34. The molecule has 0 saturated carbocycles. The molecule has 0 aliphatic rings. The van der Waals surface area contributed by atoms with Gasteiger partial charge in [0.2, 0.25) is 5.91 Å². The molecule has 0 aliphatic carbocycles. The van der Waals surface area contributed by atoms with Crippen molar-refractivity contribution in [3.8, 4) is 0 Å². The monoisotopic (exact) mass is 350 g/mol. The molecule has 0 saturated heterocycles. The van der Waals surface area contributed by atoms with Crippen LogP contribution < -0.4 is 16.6 Å². The topological polar surface area (TPSA) is 116 Å². The van der Waals surface area contributed by atoms with Crippen LogP contribution >= 0.6 is 11.6 Å². The maximum atomic E-state index is 12.2. The maximum absolute atomic E-state index is 12.2. The fourth-order valence-corrected chi connectivity index (χ4v) is 2.11. The van der Waals surface area contributed by atoms with Crippen molar-refractivity contribution in [2.75, 3.05) is 19.0 Å². The zero-order chi connectivity index (χ0) is 17.7. The fourth-order valence-electron chi connectivity index (χ4n) is 1.89. The lowest BCUT2D eigenvalue weighted by molar-refractivity contribution is 0.0995. The Morgan fingerprint density at radius 2 is 2.08 bits per heavy atom. The van der Waals surface area contributed by atoms with Crippen molar-refractivity contribution in [1.29, 1.82) is 0 Å². The molecule has 1 aromatic heterocycles. The summed E-state index contributed by atoms with van der Waals surface area (Å²) in [6, 6.07) is 6.89. The summed E-state index contributed by atoms with van der Waals surface area (Å²) in [4.78, 5) is 35.2. The molecule has 0 spiro atoms. The Morgan fingerprint density at radius 3 is 2.75 bits per heavy atom. The van der Waals surface area contributed by atoms with E-state index in [4.69, 9.17) is 22.1 Å². The standard InChI is InChI=1S/C15H15ClN4O4/c1-24-7-6-20-13(21)5-4-12(19-20)15(23)18-9-2-3-11(16)10(8-9)14(17)22/h2-5,8H,6-7H2,1H3,(H2,17,22)(H,18,23). The number of nitrogens with two attached hydrogens (primary N) is 1. The molecule has 2 aromatic rings. The van der Waals surface area contributed by atoms with Gasteiger partial charge >= 0.3 is 0 Å². The summed E-state index contributed by atoms with van der Waals surface area (Å²) in [5.74, 6) is -1.25. The second-order valence-electron chi connectivity index (χ2n) is 4.79. The van der Waals surface area contributed by atoms with Crippen LogP contribution in [0.25, 0.3) is 0 Å². The number of rotatable bonds is 6. The minimum absolute atomic E-state index is 0.0429. The van der Waals surface area contributed by atoms with E-state index in [1.165, 1.54) is 37.4 Å². The Bertz CT molecular complexity index is 834. The molecular weight excluding hydrogens is 336 g/mol. The van der Waals surface area contributed by atoms with Gasteiger partial charge in [-0.25, -0.2) is 4.68 Å². The van der Waals surface area contributed by atoms with Crippen molar-refractivity contribution in [3.63, 3.8) is 0 Å². The molecule has 1 aromatic carbocycles. The van der Waals surface area contributed by atoms with Crippen LogP contribution in [-0.2, 0) is 11.3 Å². The van der Waals surface area contributed by atoms with Crippen LogP contribution in [0.4, 0.5) is 5.69 Å². The van der Waals surface area contributed by atoms with E-state index in [2.05, 4.69) is 10.4 Å². The molecular formula is C15H15ClN4O4. The van der Waals surface area contributed by atoms with Crippen LogP contribution in [0.3, 0.4) is 0 Å². The molecule has 0 atom stereocenters. The van der Waals surface area contributed by atoms with E-state index in [-0.39, 0.29) is 35.0 Å². The van der Waals surface area contributed by atoms with Gasteiger partial charge in [-0.1, -0.05) is 11.6 Å². The van der Waals surface area contributed by atoms with E-state index >= 15 is 0 Å². The largest absolute Gasteiger partial charge is 0.383 e. The lowest BCUT2D eigenvalue weighted by atomic mass is 10.2. The lowest BCUT2D eigenvalue weighted by Crippen LogP contribution is -2.27. The van der Waals surface area contributed by atoms with Crippen molar-refractivity contribution in [1.82, 2.24) is 9.78 Å². The van der Waals surface area contributed by atoms with E-state index in [9.17, 15) is 14.4 Å². The smallest absolute Gasteiger partial charge is 0.276 e. The lowest BCUT2D eigenvalue weighted by Gasteiger charge is -2.09. The first kappa shape index (κ1) is 17.6. The fraction of sp³-hybridized carbons (Fsp3) is 0.200. The first-order chi connectivity index (χ1) is 11.4. The Kier molecular flexibility index (Phi) is 5.67. The van der Waals surface area contributed by atoms with Crippen molar-refractivity contribution in [3.05, 3.63) is 57.0 Å². The molecule has 3 N–H and O–H groups in total. The number of carbonyl (C=O) groups is 2. The minimum Gasteiger partial charge on any atom is -0.383 e. The normalized spacial score (nSPS) is 10.4. The molecule has 2 rings (SSSR count). The van der Waals surface area contributed by atoms with Gasteiger partial charge in [-0.05, 0) is 24.3 Å². The van der Waals surface area contributed by atoms with Crippen molar-refractivity contribution >= 4 is 29.1 Å². The number of methoxy groups -OCH3 is 1. The van der Waals surface area contributed by atoms with Gasteiger partial charge in [0.15, 0.2) is 0 Å². The predicted octanol–water partition coefficient (Wildman–Crippen LogP) is 0.894. The number of carbonyl (C=O) groups excluding carboxylic acids is 2. The van der Waals surface area contributed by atoms with E-state index in [1.54, 1.807) is 0 Å². The highest BCUT2D eigenvalue weighted by Crippen LogP contribution is 2.20. The van der Waals surface area contributed by atoms with Gasteiger partial charge in [-0.3, -0.25) is 14.4 Å². The van der Waals surface area contributed by atoms with Gasteiger partial charge in [0.1, 0.15) is 5.69 Å². The van der Waals surface area contributed by atoms with Crippen molar-refractivity contribution in [2.24, 2.45) is 5.73 Å². The van der Waals surface area contributed by atoms with Gasteiger partial charge in [0, 0.05) is 18.9 Å². The third-order valence-electron chi connectivity index (χ3n) is 3.10. The predicted molar refractivity (Wildman–Crippen MR) is 88.3 cm³/mol. The average molecular weight is 351 g/mol. The number of benzene rings is 1. The Hall–Kier alpha value is -2.71. The minimum atomic E-state index is -0.706. The van der Waals surface area contributed by atoms with Crippen LogP contribution in [0.2, 0.25) is 5.02 Å². The molecule has 0 fully saturated rings. The molecule has 0 radical (unpaired) electrons. The highest BCUT2D eigenvalue weighted by Gasteiger charge is 2.13. The third kappa shape index (κ3) is 4.18. The van der Waals surface area contributed by atoms with Crippen LogP contribution in [0.5, 0.6) is 0 Å². The van der Waals surface area contributed by atoms with E-state index in [1.807, 2.05) is 0 Å². The number of nitrogens with zero attached hydrogens (tertiary/aromatic N) is 2. The molecule has 24 heavy (non-hydrogen) atoms. The van der Waals surface area contributed by atoms with Crippen LogP contribution in [-0.4, -0.2) is 35.3 Å². The summed E-state index contributed by atoms with van der Waals surface area (Å²) < 4.78 is 6.02. The summed E-state index contributed by atoms with van der Waals surface area (Å²) in [5.41, 5.74) is 5.33. The molecule has 0 bridgehead atoms. The SMILES string of the molecule is COCCn1nc(C(=O)Nc2ccc(Cl)c(C(N)=O)c2)ccc1=O. The number of primary amides is 1. The maximum Gasteiger partial charge on any atom is 0.276 e. The quantitative estimate of drug-likeness (QED) is 0.802. The number of aromatic nitrogens is 2. The summed E-state index contributed by atoms with van der Waals surface area (Å²) >= 11 is 5.86. The summed E-state index contributed by atoms with van der Waals surface area (Å²) in [6.07, 6.45) is 0. The van der Waals surface area contributed by atoms with Crippen LogP contribution in [0, 0.1) is 0 Å². The van der Waals surface area contributed by atoms with Crippen molar-refractivity contribution < 1.29 is 14.3 Å². The Labute approximate surface area is 142 Å². The molecule has 126 valence electrons. The Balaban J connectivity index is 2.22. The van der Waals surface area contributed by atoms with Gasteiger partial charge in [-0.15, -0.1) is 0 Å². The summed E-state index contributed by atoms with van der Waals surface area (Å²) in [7, 11) is 1.50. The molecule has 9 heteroatoms.